The zero-order valence-electron chi connectivity index (χ0n) is 12.0. The van der Waals surface area contributed by atoms with Gasteiger partial charge in [0.1, 0.15) is 16.8 Å². The monoisotopic (exact) mass is 280 g/mol. The lowest BCUT2D eigenvalue weighted by atomic mass is 10.4. The summed E-state index contributed by atoms with van der Waals surface area (Å²) in [7, 11) is 0. The lowest BCUT2D eigenvalue weighted by molar-refractivity contribution is 0.0950. The molecule has 106 valence electrons. The largest absolute Gasteiger partial charge is 0.306 e. The van der Waals surface area contributed by atoms with Gasteiger partial charge in [-0.15, -0.1) is 0 Å². The Morgan fingerprint density at radius 2 is 1.90 bits per heavy atom. The molecular formula is C16H16N4O. The number of pyridine rings is 2. The van der Waals surface area contributed by atoms with Crippen LogP contribution in [0, 0.1) is 0 Å². The van der Waals surface area contributed by atoms with Crippen molar-refractivity contribution in [2.75, 3.05) is 0 Å². The first-order valence-electron chi connectivity index (χ1n) is 6.85. The first kappa shape index (κ1) is 13.3. The highest BCUT2D eigenvalue weighted by atomic mass is 16.2. The molecule has 21 heavy (non-hydrogen) atoms. The predicted octanol–water partition coefficient (Wildman–Crippen LogP) is 2.13. The number of imidazole rings is 1. The fourth-order valence-corrected chi connectivity index (χ4v) is 2.14. The van der Waals surface area contributed by atoms with Gasteiger partial charge in [-0.2, -0.15) is 0 Å². The molecule has 0 aliphatic carbocycles. The van der Waals surface area contributed by atoms with Crippen molar-refractivity contribution >= 4 is 11.6 Å². The third-order valence-corrected chi connectivity index (χ3v) is 3.03. The minimum Gasteiger partial charge on any atom is -0.306 e. The summed E-state index contributed by atoms with van der Waals surface area (Å²) >= 11 is 0. The molecule has 0 spiro atoms. The van der Waals surface area contributed by atoms with Crippen LogP contribution in [0.2, 0.25) is 0 Å². The zero-order valence-corrected chi connectivity index (χ0v) is 12.0. The maximum atomic E-state index is 12.6. The second-order valence-electron chi connectivity index (χ2n) is 5.05. The van der Waals surface area contributed by atoms with E-state index in [2.05, 4.69) is 9.98 Å². The Hall–Kier alpha value is -2.69. The van der Waals surface area contributed by atoms with Crippen LogP contribution in [0.5, 0.6) is 0 Å². The highest BCUT2D eigenvalue weighted by molar-refractivity contribution is 5.94. The van der Waals surface area contributed by atoms with E-state index in [4.69, 9.17) is 0 Å². The summed E-state index contributed by atoms with van der Waals surface area (Å²) in [5.74, 6) is -0.182. The van der Waals surface area contributed by atoms with Gasteiger partial charge >= 0.3 is 0 Å². The maximum absolute atomic E-state index is 12.6. The van der Waals surface area contributed by atoms with Crippen molar-refractivity contribution in [2.24, 2.45) is 4.99 Å². The molecule has 5 heteroatoms. The quantitative estimate of drug-likeness (QED) is 0.722. The molecule has 5 nitrogen and oxygen atoms in total. The average Bonchev–Trinajstić information content (AvgIpc) is 2.90. The fourth-order valence-electron chi connectivity index (χ4n) is 2.14. The van der Waals surface area contributed by atoms with Crippen LogP contribution in [0.1, 0.15) is 24.3 Å². The van der Waals surface area contributed by atoms with Gasteiger partial charge in [0, 0.05) is 24.6 Å². The second-order valence-corrected chi connectivity index (χ2v) is 5.05. The van der Waals surface area contributed by atoms with Crippen LogP contribution in [-0.4, -0.2) is 25.9 Å². The van der Waals surface area contributed by atoms with Crippen molar-refractivity contribution in [3.63, 3.8) is 0 Å². The number of nitrogens with zero attached hydrogens (tertiary/aromatic N) is 4. The Morgan fingerprint density at radius 1 is 1.14 bits per heavy atom. The molecule has 3 aromatic heterocycles. The highest BCUT2D eigenvalue weighted by Gasteiger charge is 2.13. The number of hydrogen-bond donors (Lipinski definition) is 0. The Balaban J connectivity index is 2.10. The molecule has 0 aliphatic rings. The number of hydrogen-bond acceptors (Lipinski definition) is 3. The molecule has 0 aliphatic heterocycles. The van der Waals surface area contributed by atoms with Gasteiger partial charge in [-0.05, 0) is 38.1 Å². The van der Waals surface area contributed by atoms with E-state index in [0.717, 1.165) is 5.65 Å². The van der Waals surface area contributed by atoms with E-state index in [1.165, 1.54) is 4.57 Å². The summed E-state index contributed by atoms with van der Waals surface area (Å²) in [6.07, 6.45) is 5.32. The number of carbonyl (C=O) groups excluding carboxylic acids is 1. The first-order chi connectivity index (χ1) is 10.1. The van der Waals surface area contributed by atoms with Crippen LogP contribution in [0.15, 0.2) is 60.0 Å². The van der Waals surface area contributed by atoms with Crippen molar-refractivity contribution in [3.8, 4) is 0 Å². The number of rotatable bonds is 2. The average molecular weight is 280 g/mol. The zero-order chi connectivity index (χ0) is 14.8. The molecule has 0 radical (unpaired) electrons. The fraction of sp³-hybridized carbons (Fsp3) is 0.188. The van der Waals surface area contributed by atoms with E-state index in [1.54, 1.807) is 12.4 Å². The Labute approximate surface area is 122 Å². The van der Waals surface area contributed by atoms with Gasteiger partial charge in [-0.3, -0.25) is 14.4 Å². The van der Waals surface area contributed by atoms with Gasteiger partial charge in [0.2, 0.25) is 0 Å². The van der Waals surface area contributed by atoms with Crippen LogP contribution >= 0.6 is 0 Å². The SMILES string of the molecule is CC(C)N=c1ccccn1C(=O)c1cn2ccccc2n1. The summed E-state index contributed by atoms with van der Waals surface area (Å²) in [6, 6.07) is 11.3. The van der Waals surface area contributed by atoms with E-state index in [9.17, 15) is 4.79 Å². The molecule has 0 bridgehead atoms. The van der Waals surface area contributed by atoms with Crippen LogP contribution < -0.4 is 5.49 Å². The number of aromatic nitrogens is 3. The standard InChI is InChI=1S/C16H16N4O/c1-12(2)17-15-8-4-6-10-20(15)16(21)13-11-19-9-5-3-7-14(19)18-13/h3-12H,1-2H3. The summed E-state index contributed by atoms with van der Waals surface area (Å²) < 4.78 is 3.36. The Kier molecular flexibility index (Phi) is 3.39. The van der Waals surface area contributed by atoms with Crippen LogP contribution in [0.4, 0.5) is 0 Å². The minimum atomic E-state index is -0.182. The van der Waals surface area contributed by atoms with Crippen molar-refractivity contribution in [1.82, 2.24) is 14.0 Å². The van der Waals surface area contributed by atoms with Crippen LogP contribution in [-0.2, 0) is 0 Å². The molecule has 3 aromatic rings. The normalized spacial score (nSPS) is 12.2. The molecular weight excluding hydrogens is 264 g/mol. The van der Waals surface area contributed by atoms with Gasteiger partial charge in [-0.25, -0.2) is 4.98 Å². The predicted molar refractivity (Wildman–Crippen MR) is 80.1 cm³/mol. The third kappa shape index (κ3) is 2.63. The molecule has 0 N–H and O–H groups in total. The third-order valence-electron chi connectivity index (χ3n) is 3.03. The van der Waals surface area contributed by atoms with Gasteiger partial charge in [-0.1, -0.05) is 12.1 Å². The van der Waals surface area contributed by atoms with Crippen LogP contribution in [0.25, 0.3) is 5.65 Å². The molecule has 3 heterocycles. The van der Waals surface area contributed by atoms with Crippen molar-refractivity contribution in [3.05, 3.63) is 66.2 Å². The molecule has 0 aromatic carbocycles. The van der Waals surface area contributed by atoms with Gasteiger partial charge in [0.05, 0.1) is 0 Å². The molecule has 0 saturated heterocycles. The number of carbonyl (C=O) groups is 1. The summed E-state index contributed by atoms with van der Waals surface area (Å²) in [5, 5.41) is 0. The summed E-state index contributed by atoms with van der Waals surface area (Å²) in [6.45, 7) is 3.96. The summed E-state index contributed by atoms with van der Waals surface area (Å²) in [4.78, 5) is 21.5. The lowest BCUT2D eigenvalue weighted by Gasteiger charge is -2.04. The summed E-state index contributed by atoms with van der Waals surface area (Å²) in [5.41, 5.74) is 1.78. The van der Waals surface area contributed by atoms with Crippen LogP contribution in [0.3, 0.4) is 0 Å². The van der Waals surface area contributed by atoms with Gasteiger partial charge in [0.25, 0.3) is 5.91 Å². The Morgan fingerprint density at radius 3 is 2.67 bits per heavy atom. The topological polar surface area (TPSA) is 51.7 Å². The van der Waals surface area contributed by atoms with Gasteiger partial charge in [0.15, 0.2) is 0 Å². The molecule has 0 fully saturated rings. The smallest absolute Gasteiger partial charge is 0.283 e. The van der Waals surface area contributed by atoms with E-state index in [1.807, 2.05) is 60.8 Å². The molecule has 3 rings (SSSR count). The number of fused-ring (bicyclic) bond motifs is 1. The minimum absolute atomic E-state index is 0.118. The maximum Gasteiger partial charge on any atom is 0.283 e. The lowest BCUT2D eigenvalue weighted by Crippen LogP contribution is -2.28. The van der Waals surface area contributed by atoms with Crippen molar-refractivity contribution < 1.29 is 4.79 Å². The van der Waals surface area contributed by atoms with Crippen molar-refractivity contribution in [1.29, 1.82) is 0 Å². The first-order valence-corrected chi connectivity index (χ1v) is 6.85. The Bertz CT molecular complexity index is 825. The second kappa shape index (κ2) is 5.36. The van der Waals surface area contributed by atoms with E-state index >= 15 is 0 Å². The molecule has 0 atom stereocenters. The van der Waals surface area contributed by atoms with E-state index < -0.39 is 0 Å². The van der Waals surface area contributed by atoms with Gasteiger partial charge < -0.3 is 4.40 Å². The molecule has 0 saturated carbocycles. The van der Waals surface area contributed by atoms with E-state index in [0.29, 0.717) is 11.2 Å². The van der Waals surface area contributed by atoms with E-state index in [-0.39, 0.29) is 11.9 Å². The van der Waals surface area contributed by atoms with Crippen molar-refractivity contribution in [2.45, 2.75) is 19.9 Å². The highest BCUT2D eigenvalue weighted by Crippen LogP contribution is 2.05. The molecule has 0 unspecified atom stereocenters. The molecule has 0 amide bonds.